The molecule has 4 rings (SSSR count). The van der Waals surface area contributed by atoms with Gasteiger partial charge in [0, 0.05) is 43.2 Å². The lowest BCUT2D eigenvalue weighted by atomic mass is 10.0. The van der Waals surface area contributed by atoms with Gasteiger partial charge in [-0.15, -0.1) is 0 Å². The van der Waals surface area contributed by atoms with Gasteiger partial charge < -0.3 is 14.4 Å². The minimum Gasteiger partial charge on any atom is -0.508 e. The molecule has 1 aromatic heterocycles. The Morgan fingerprint density at radius 3 is 2.50 bits per heavy atom. The number of carbonyl (C=O) groups is 1. The molecule has 0 radical (unpaired) electrons. The average Bonchev–Trinajstić information content (AvgIpc) is 3.08. The molecule has 2 aromatic rings. The van der Waals surface area contributed by atoms with Crippen LogP contribution in [-0.4, -0.2) is 73.0 Å². The molecule has 30 heavy (non-hydrogen) atoms. The van der Waals surface area contributed by atoms with Gasteiger partial charge in [0.15, 0.2) is 9.84 Å². The van der Waals surface area contributed by atoms with Crippen LogP contribution in [0.1, 0.15) is 23.1 Å². The Kier molecular flexibility index (Phi) is 5.36. The molecule has 0 aliphatic carbocycles. The summed E-state index contributed by atoms with van der Waals surface area (Å²) >= 11 is 0. The smallest absolute Gasteiger partial charge is 0.340 e. The maximum atomic E-state index is 12.9. The summed E-state index contributed by atoms with van der Waals surface area (Å²) in [5, 5.41) is 10.6. The van der Waals surface area contributed by atoms with Gasteiger partial charge in [-0.3, -0.25) is 9.69 Å². The van der Waals surface area contributed by atoms with Crippen molar-refractivity contribution in [3.05, 3.63) is 39.2 Å². The summed E-state index contributed by atoms with van der Waals surface area (Å²) in [7, 11) is -2.93. The molecule has 0 saturated carbocycles. The van der Waals surface area contributed by atoms with E-state index in [0.29, 0.717) is 60.3 Å². The molecule has 8 nitrogen and oxygen atoms in total. The molecule has 1 N–H and O–H groups in total. The Balaban J connectivity index is 1.47. The topological polar surface area (TPSA) is 108 Å². The highest BCUT2D eigenvalue weighted by Crippen LogP contribution is 2.28. The van der Waals surface area contributed by atoms with Gasteiger partial charge in [0.05, 0.1) is 23.5 Å². The van der Waals surface area contributed by atoms with Crippen molar-refractivity contribution in [3.63, 3.8) is 0 Å². The van der Waals surface area contributed by atoms with E-state index < -0.39 is 15.5 Å². The van der Waals surface area contributed by atoms with E-state index in [4.69, 9.17) is 4.42 Å². The number of carbonyl (C=O) groups excluding carboxylic acids is 1. The summed E-state index contributed by atoms with van der Waals surface area (Å²) in [6.45, 7) is 5.77. The molecule has 2 aliphatic rings. The highest BCUT2D eigenvalue weighted by molar-refractivity contribution is 7.91. The van der Waals surface area contributed by atoms with Crippen LogP contribution in [0.5, 0.6) is 5.75 Å². The van der Waals surface area contributed by atoms with Crippen molar-refractivity contribution in [1.82, 2.24) is 9.80 Å². The third-order valence-electron chi connectivity index (χ3n) is 6.39. The SMILES string of the molecule is Cc1c(CC(=O)N2CCN(C3CCS(=O)(=O)C3)CC2)c(=O)oc2c(C)c(O)ccc12. The van der Waals surface area contributed by atoms with E-state index in [1.54, 1.807) is 30.9 Å². The Labute approximate surface area is 175 Å². The van der Waals surface area contributed by atoms with Crippen LogP contribution < -0.4 is 5.63 Å². The molecule has 0 spiro atoms. The summed E-state index contributed by atoms with van der Waals surface area (Å²) in [5.41, 5.74) is 1.30. The predicted octanol–water partition coefficient (Wildman–Crippen LogP) is 0.989. The number of nitrogens with zero attached hydrogens (tertiary/aromatic N) is 2. The van der Waals surface area contributed by atoms with Crippen molar-refractivity contribution in [2.24, 2.45) is 0 Å². The van der Waals surface area contributed by atoms with Crippen molar-refractivity contribution >= 4 is 26.7 Å². The van der Waals surface area contributed by atoms with Crippen LogP contribution in [0, 0.1) is 13.8 Å². The summed E-state index contributed by atoms with van der Waals surface area (Å²) < 4.78 is 28.9. The number of fused-ring (bicyclic) bond motifs is 1. The standard InChI is InChI=1S/C21H26N2O6S/c1-13-16-3-4-18(24)14(2)20(16)29-21(26)17(13)11-19(25)23-8-6-22(7-9-23)15-5-10-30(27,28)12-15/h3-4,15,24H,5-12H2,1-2H3. The van der Waals surface area contributed by atoms with Gasteiger partial charge in [0.2, 0.25) is 5.91 Å². The van der Waals surface area contributed by atoms with E-state index in [-0.39, 0.29) is 35.6 Å². The predicted molar refractivity (Wildman–Crippen MR) is 113 cm³/mol. The van der Waals surface area contributed by atoms with Crippen molar-refractivity contribution < 1.29 is 22.7 Å². The fourth-order valence-electron chi connectivity index (χ4n) is 4.45. The van der Waals surface area contributed by atoms with Gasteiger partial charge in [-0.25, -0.2) is 13.2 Å². The Bertz CT molecular complexity index is 1160. The van der Waals surface area contributed by atoms with Crippen LogP contribution in [0.2, 0.25) is 0 Å². The number of phenolic OH excluding ortho intramolecular Hbond substituents is 1. The molecule has 2 saturated heterocycles. The molecule has 1 aromatic carbocycles. The number of aryl methyl sites for hydroxylation is 2. The Hall–Kier alpha value is -2.39. The zero-order valence-electron chi connectivity index (χ0n) is 17.2. The summed E-state index contributed by atoms with van der Waals surface area (Å²) in [5.74, 6) is 0.360. The molecular formula is C21H26N2O6S. The minimum absolute atomic E-state index is 0.0398. The molecule has 2 fully saturated rings. The summed E-state index contributed by atoms with van der Waals surface area (Å²) in [6, 6.07) is 3.29. The second-order valence-corrected chi connectivity index (χ2v) is 10.5. The van der Waals surface area contributed by atoms with E-state index in [1.807, 2.05) is 0 Å². The molecule has 1 atom stereocenters. The first kappa shape index (κ1) is 20.9. The van der Waals surface area contributed by atoms with E-state index in [1.165, 1.54) is 0 Å². The number of amides is 1. The first-order valence-corrected chi connectivity index (χ1v) is 12.0. The number of piperazine rings is 1. The highest BCUT2D eigenvalue weighted by atomic mass is 32.2. The lowest BCUT2D eigenvalue weighted by Crippen LogP contribution is -2.52. The number of aromatic hydroxyl groups is 1. The summed E-state index contributed by atoms with van der Waals surface area (Å²) in [6.07, 6.45) is 0.615. The van der Waals surface area contributed by atoms with Gasteiger partial charge >= 0.3 is 5.63 Å². The molecule has 0 bridgehead atoms. The van der Waals surface area contributed by atoms with Crippen LogP contribution in [0.4, 0.5) is 0 Å². The number of phenols is 1. The Morgan fingerprint density at radius 2 is 1.87 bits per heavy atom. The molecule has 9 heteroatoms. The van der Waals surface area contributed by atoms with E-state index in [2.05, 4.69) is 4.90 Å². The van der Waals surface area contributed by atoms with E-state index in [9.17, 15) is 23.1 Å². The van der Waals surface area contributed by atoms with Gasteiger partial charge in [0.25, 0.3) is 0 Å². The number of hydrogen-bond donors (Lipinski definition) is 1. The number of sulfone groups is 1. The van der Waals surface area contributed by atoms with Crippen molar-refractivity contribution in [3.8, 4) is 5.75 Å². The van der Waals surface area contributed by atoms with Gasteiger partial charge in [-0.1, -0.05) is 0 Å². The lowest BCUT2D eigenvalue weighted by Gasteiger charge is -2.37. The van der Waals surface area contributed by atoms with Gasteiger partial charge in [-0.2, -0.15) is 0 Å². The van der Waals surface area contributed by atoms with Crippen molar-refractivity contribution in [2.45, 2.75) is 32.7 Å². The zero-order valence-corrected chi connectivity index (χ0v) is 18.0. The maximum Gasteiger partial charge on any atom is 0.340 e. The van der Waals surface area contributed by atoms with Crippen LogP contribution in [0.15, 0.2) is 21.3 Å². The minimum atomic E-state index is -2.93. The molecular weight excluding hydrogens is 408 g/mol. The second-order valence-electron chi connectivity index (χ2n) is 8.23. The van der Waals surface area contributed by atoms with Gasteiger partial charge in [0.1, 0.15) is 11.3 Å². The first-order chi connectivity index (χ1) is 14.2. The third-order valence-corrected chi connectivity index (χ3v) is 8.15. The number of hydrogen-bond acceptors (Lipinski definition) is 7. The molecule has 1 unspecified atom stereocenters. The van der Waals surface area contributed by atoms with Crippen LogP contribution >= 0.6 is 0 Å². The second kappa shape index (κ2) is 7.70. The fraction of sp³-hybridized carbons (Fsp3) is 0.524. The molecule has 3 heterocycles. The third kappa shape index (κ3) is 3.83. The van der Waals surface area contributed by atoms with E-state index >= 15 is 0 Å². The number of rotatable bonds is 3. The Morgan fingerprint density at radius 1 is 1.17 bits per heavy atom. The monoisotopic (exact) mass is 434 g/mol. The van der Waals surface area contributed by atoms with Crippen LogP contribution in [0.3, 0.4) is 0 Å². The van der Waals surface area contributed by atoms with E-state index in [0.717, 1.165) is 0 Å². The van der Waals surface area contributed by atoms with Crippen molar-refractivity contribution in [1.29, 1.82) is 0 Å². The molecule has 1 amide bonds. The fourth-order valence-corrected chi connectivity index (χ4v) is 6.21. The average molecular weight is 435 g/mol. The summed E-state index contributed by atoms with van der Waals surface area (Å²) in [4.78, 5) is 29.3. The molecule has 162 valence electrons. The lowest BCUT2D eigenvalue weighted by molar-refractivity contribution is -0.132. The normalized spacial score (nSPS) is 21.9. The number of benzene rings is 1. The highest BCUT2D eigenvalue weighted by Gasteiger charge is 2.34. The van der Waals surface area contributed by atoms with Crippen LogP contribution in [0.25, 0.3) is 11.0 Å². The maximum absolute atomic E-state index is 12.9. The molecule has 2 aliphatic heterocycles. The largest absolute Gasteiger partial charge is 0.508 e. The zero-order chi connectivity index (χ0) is 21.6. The quantitative estimate of drug-likeness (QED) is 0.718. The van der Waals surface area contributed by atoms with Crippen LogP contribution in [-0.2, 0) is 21.1 Å². The van der Waals surface area contributed by atoms with Gasteiger partial charge in [-0.05, 0) is 38.0 Å². The van der Waals surface area contributed by atoms with Crippen molar-refractivity contribution in [2.75, 3.05) is 37.7 Å². The first-order valence-electron chi connectivity index (χ1n) is 10.1.